The summed E-state index contributed by atoms with van der Waals surface area (Å²) in [5.41, 5.74) is 8.24. The van der Waals surface area contributed by atoms with Crippen molar-refractivity contribution in [3.8, 4) is 0 Å². The van der Waals surface area contributed by atoms with Crippen molar-refractivity contribution in [1.82, 2.24) is 0 Å². The summed E-state index contributed by atoms with van der Waals surface area (Å²) in [6.07, 6.45) is 21.9. The number of para-hydroxylation sites is 2. The fourth-order valence-electron chi connectivity index (χ4n) is 9.56. The second kappa shape index (κ2) is 13.0. The first-order valence-electron chi connectivity index (χ1n) is 16.8. The molecule has 0 unspecified atom stereocenters. The zero-order valence-electron chi connectivity index (χ0n) is 25.2. The lowest BCUT2D eigenvalue weighted by Crippen LogP contribution is -2.52. The van der Waals surface area contributed by atoms with E-state index in [2.05, 4.69) is 72.2 Å². The van der Waals surface area contributed by atoms with Crippen LogP contribution in [0.1, 0.15) is 107 Å². The molecule has 2 aromatic rings. The number of benzene rings is 2. The molecule has 3 saturated carbocycles. The van der Waals surface area contributed by atoms with Gasteiger partial charge in [0.05, 0.1) is 17.0 Å². The molecule has 1 atom stereocenters. The summed E-state index contributed by atoms with van der Waals surface area (Å²) in [5, 5.41) is 0.225. The first-order chi connectivity index (χ1) is 19.6. The number of hydrogen-bond donors (Lipinski definition) is 0. The van der Waals surface area contributed by atoms with Crippen LogP contribution in [0.5, 0.6) is 0 Å². The Morgan fingerprint density at radius 2 is 0.925 bits per heavy atom. The summed E-state index contributed by atoms with van der Waals surface area (Å²) in [6.45, 7) is 6.73. The van der Waals surface area contributed by atoms with Gasteiger partial charge in [0.1, 0.15) is 0 Å². The average Bonchev–Trinajstić information content (AvgIpc) is 3.44. The average molecular weight is 580 g/mol. The molecule has 4 heteroatoms. The summed E-state index contributed by atoms with van der Waals surface area (Å²) in [5.74, 6) is 0. The summed E-state index contributed by atoms with van der Waals surface area (Å²) in [4.78, 5) is 5.53. The lowest BCUT2D eigenvalue weighted by molar-refractivity contribution is 0.446. The summed E-state index contributed by atoms with van der Waals surface area (Å²) >= 11 is 8.47. The van der Waals surface area contributed by atoms with Crippen LogP contribution in [0.3, 0.4) is 0 Å². The number of anilines is 2. The van der Waals surface area contributed by atoms with E-state index in [0.29, 0.717) is 0 Å². The molecule has 1 aliphatic heterocycles. The van der Waals surface area contributed by atoms with Gasteiger partial charge in [0.2, 0.25) is 0 Å². The Balaban J connectivity index is 1.51. The van der Waals surface area contributed by atoms with Crippen molar-refractivity contribution in [3.63, 3.8) is 0 Å². The topological polar surface area (TPSA) is 6.48 Å². The third kappa shape index (κ3) is 5.35. The molecule has 218 valence electrons. The van der Waals surface area contributed by atoms with Crippen LogP contribution in [0.4, 0.5) is 11.4 Å². The molecule has 0 radical (unpaired) electrons. The molecule has 4 aliphatic rings. The number of halogens is 1. The highest BCUT2D eigenvalue weighted by molar-refractivity contribution is 7.80. The van der Waals surface area contributed by atoms with Gasteiger partial charge in [0.15, 0.2) is 11.3 Å². The normalized spacial score (nSPS) is 23.6. The van der Waals surface area contributed by atoms with E-state index in [0.717, 1.165) is 30.1 Å². The number of nitrogens with zero attached hydrogens (tertiary/aromatic N) is 2. The van der Waals surface area contributed by atoms with Crippen LogP contribution in [0.15, 0.2) is 48.5 Å². The second-order valence-corrected chi connectivity index (χ2v) is 18.8. The highest BCUT2D eigenvalue weighted by atomic mass is 35.5. The van der Waals surface area contributed by atoms with Crippen LogP contribution in [-0.4, -0.2) is 41.4 Å². The van der Waals surface area contributed by atoms with Crippen molar-refractivity contribution < 1.29 is 0 Å². The monoisotopic (exact) mass is 579 g/mol. The van der Waals surface area contributed by atoms with Gasteiger partial charge < -0.3 is 9.80 Å². The highest BCUT2D eigenvalue weighted by Gasteiger charge is 2.65. The minimum Gasteiger partial charge on any atom is -0.345 e. The van der Waals surface area contributed by atoms with Crippen molar-refractivity contribution in [2.75, 3.05) is 22.9 Å². The second-order valence-electron chi connectivity index (χ2n) is 13.5. The van der Waals surface area contributed by atoms with E-state index in [1.165, 1.54) is 119 Å². The number of hydrogen-bond acceptors (Lipinski definition) is 2. The van der Waals surface area contributed by atoms with Gasteiger partial charge in [-0.3, -0.25) is 0 Å². The molecule has 0 bridgehead atoms. The summed E-state index contributed by atoms with van der Waals surface area (Å²) in [6, 6.07) is 18.2. The van der Waals surface area contributed by atoms with E-state index in [4.69, 9.17) is 11.6 Å². The molecule has 40 heavy (non-hydrogen) atoms. The van der Waals surface area contributed by atoms with E-state index in [1.807, 2.05) is 0 Å². The maximum absolute atomic E-state index is 8.47. The number of rotatable bonds is 7. The van der Waals surface area contributed by atoms with Crippen LogP contribution in [0.2, 0.25) is 0 Å². The molecule has 0 amide bonds. The fourth-order valence-corrected chi connectivity index (χ4v) is 18.8. The maximum atomic E-state index is 8.47. The Bertz CT molecular complexity index is 1000. The Labute approximate surface area is 250 Å². The van der Waals surface area contributed by atoms with Gasteiger partial charge >= 0.3 is 0 Å². The first-order valence-corrected chi connectivity index (χ1v) is 19.3. The van der Waals surface area contributed by atoms with Crippen molar-refractivity contribution >= 4 is 30.2 Å². The van der Waals surface area contributed by atoms with Crippen LogP contribution in [0, 0.1) is 13.8 Å². The van der Waals surface area contributed by atoms with Crippen molar-refractivity contribution in [1.29, 1.82) is 0 Å². The minimum atomic E-state index is -1.53. The van der Waals surface area contributed by atoms with Crippen LogP contribution in [-0.2, 0) is 0 Å². The van der Waals surface area contributed by atoms with E-state index in [-0.39, 0.29) is 11.3 Å². The smallest absolute Gasteiger partial charge is 0.181 e. The molecule has 6 rings (SSSR count). The van der Waals surface area contributed by atoms with E-state index < -0.39 is 7.26 Å². The summed E-state index contributed by atoms with van der Waals surface area (Å²) < 4.78 is 0. The molecule has 0 N–H and O–H groups in total. The number of alkyl halides is 1. The van der Waals surface area contributed by atoms with Crippen LogP contribution >= 0.6 is 18.9 Å². The number of aryl methyl sites for hydroxylation is 2. The van der Waals surface area contributed by atoms with Crippen LogP contribution < -0.4 is 9.80 Å². The predicted molar refractivity (Wildman–Crippen MR) is 178 cm³/mol. The predicted octanol–water partition coefficient (Wildman–Crippen LogP) is 10.5. The van der Waals surface area contributed by atoms with Crippen molar-refractivity contribution in [3.05, 3.63) is 59.7 Å². The molecular formula is C36H53ClN2P+. The Kier molecular flexibility index (Phi) is 9.35. The molecular weight excluding hydrogens is 527 g/mol. The molecule has 0 spiro atoms. The highest BCUT2D eigenvalue weighted by Crippen LogP contribution is 2.81. The molecule has 1 heterocycles. The quantitative estimate of drug-likeness (QED) is 0.238. The molecule has 2 nitrogen and oxygen atoms in total. The van der Waals surface area contributed by atoms with Gasteiger partial charge in [-0.2, -0.15) is 0 Å². The Hall–Kier alpha value is -1.24. The third-order valence-electron chi connectivity index (χ3n) is 11.4. The molecule has 4 fully saturated rings. The molecule has 0 aromatic heterocycles. The molecule has 3 aliphatic carbocycles. The molecule has 1 saturated heterocycles. The fraction of sp³-hybridized carbons (Fsp3) is 0.667. The SMILES string of the molecule is Cc1ccccc1N1CCN(c2ccccc2C)C1[C@@H](Cl)[P+](C1CCCCC1)(C1CCCCC1)C1CCCCC1. The lowest BCUT2D eigenvalue weighted by Gasteiger charge is -2.53. The van der Waals surface area contributed by atoms with E-state index >= 15 is 0 Å². The molecule has 2 aromatic carbocycles. The standard InChI is InChI=1S/C36H53ClN2P/c1-28-16-12-14-24-33(28)38-26-27-39(34-25-15-13-17-29(34)2)36(38)35(37)40(30-18-6-3-7-19-30,31-20-8-4-9-21-31)32-22-10-5-11-23-32/h12-17,24-25,30-32,35-36H,3-11,18-23,26-27H2,1-2H3/q+1/t35-/m0/s1. The van der Waals surface area contributed by atoms with Gasteiger partial charge in [-0.1, -0.05) is 67.3 Å². The van der Waals surface area contributed by atoms with Gasteiger partial charge in [0.25, 0.3) is 0 Å². The van der Waals surface area contributed by atoms with Gasteiger partial charge in [-0.15, -0.1) is 0 Å². The largest absolute Gasteiger partial charge is 0.345 e. The zero-order chi connectivity index (χ0) is 27.5. The van der Waals surface area contributed by atoms with Gasteiger partial charge in [-0.05, 0) is 114 Å². The minimum absolute atomic E-state index is 0.225. The van der Waals surface area contributed by atoms with E-state index in [9.17, 15) is 0 Å². The van der Waals surface area contributed by atoms with Crippen LogP contribution in [0.25, 0.3) is 0 Å². The first kappa shape index (κ1) is 28.9. The third-order valence-corrected chi connectivity index (χ3v) is 19.1. The van der Waals surface area contributed by atoms with Crippen molar-refractivity contribution in [2.24, 2.45) is 0 Å². The zero-order valence-corrected chi connectivity index (χ0v) is 26.9. The van der Waals surface area contributed by atoms with Gasteiger partial charge in [-0.25, -0.2) is 0 Å². The Morgan fingerprint density at radius 3 is 1.27 bits per heavy atom. The van der Waals surface area contributed by atoms with Crippen molar-refractivity contribution in [2.45, 2.75) is 138 Å². The lowest BCUT2D eigenvalue weighted by atomic mass is 9.99. The summed E-state index contributed by atoms with van der Waals surface area (Å²) in [7, 11) is -1.53. The van der Waals surface area contributed by atoms with Gasteiger partial charge in [0, 0.05) is 31.7 Å². The maximum Gasteiger partial charge on any atom is 0.181 e. The Morgan fingerprint density at radius 1 is 0.575 bits per heavy atom. The van der Waals surface area contributed by atoms with E-state index in [1.54, 1.807) is 0 Å².